The average Bonchev–Trinajstić information content (AvgIpc) is 2.69. The number of aromatic amines is 1. The van der Waals surface area contributed by atoms with Crippen molar-refractivity contribution in [1.82, 2.24) is 4.98 Å². The highest BCUT2D eigenvalue weighted by Gasteiger charge is 2.30. The number of aryl methyl sites for hydroxylation is 1. The summed E-state index contributed by atoms with van der Waals surface area (Å²) < 4.78 is 5.17. The number of fused-ring (bicyclic) bond motifs is 1. The monoisotopic (exact) mass is 321 g/mol. The van der Waals surface area contributed by atoms with Crippen LogP contribution >= 0.6 is 23.2 Å². The minimum Gasteiger partial charge on any atom is -0.422 e. The van der Waals surface area contributed by atoms with Gasteiger partial charge in [0.2, 0.25) is 0 Å². The predicted molar refractivity (Wildman–Crippen MR) is 81.5 cm³/mol. The standard InChI is InChI=1S/C15H9Cl2NO3/c1-7-4-10-12(21-15(20)13(10)14(19)18-7)5-8-2-3-9(16)6-11(8)17/h2-6H,1H3,(H,18,19)/b12-5+. The van der Waals surface area contributed by atoms with E-state index in [0.29, 0.717) is 32.6 Å². The Kier molecular flexibility index (Phi) is 3.35. The SMILES string of the molecule is Cc1cc2c(c(=O)[nH]1)C(=O)O/C2=C/c1ccc(Cl)cc1Cl. The van der Waals surface area contributed by atoms with Gasteiger partial charge in [-0.25, -0.2) is 4.79 Å². The van der Waals surface area contributed by atoms with E-state index in [-0.39, 0.29) is 5.56 Å². The lowest BCUT2D eigenvalue weighted by Gasteiger charge is -2.02. The van der Waals surface area contributed by atoms with Crippen molar-refractivity contribution in [2.45, 2.75) is 6.92 Å². The van der Waals surface area contributed by atoms with Crippen molar-refractivity contribution < 1.29 is 9.53 Å². The maximum atomic E-state index is 11.8. The van der Waals surface area contributed by atoms with Gasteiger partial charge in [-0.2, -0.15) is 0 Å². The molecule has 0 amide bonds. The summed E-state index contributed by atoms with van der Waals surface area (Å²) in [6, 6.07) is 6.68. The van der Waals surface area contributed by atoms with Gasteiger partial charge in [0, 0.05) is 21.3 Å². The molecule has 0 bridgehead atoms. The molecule has 1 aliphatic rings. The zero-order valence-electron chi connectivity index (χ0n) is 10.9. The second-order valence-electron chi connectivity index (χ2n) is 4.63. The first kappa shape index (κ1) is 13.9. The highest BCUT2D eigenvalue weighted by atomic mass is 35.5. The first-order valence-corrected chi connectivity index (χ1v) is 6.84. The molecule has 1 aromatic carbocycles. The number of halogens is 2. The van der Waals surface area contributed by atoms with Crippen molar-refractivity contribution in [3.05, 3.63) is 67.0 Å². The van der Waals surface area contributed by atoms with E-state index in [0.717, 1.165) is 0 Å². The number of rotatable bonds is 1. The van der Waals surface area contributed by atoms with Gasteiger partial charge in [-0.1, -0.05) is 29.3 Å². The van der Waals surface area contributed by atoms with Crippen LogP contribution in [0, 0.1) is 6.92 Å². The van der Waals surface area contributed by atoms with Crippen LogP contribution in [0.2, 0.25) is 10.0 Å². The van der Waals surface area contributed by atoms with E-state index in [1.54, 1.807) is 37.3 Å². The van der Waals surface area contributed by atoms with Crippen LogP contribution in [-0.4, -0.2) is 11.0 Å². The normalized spacial score (nSPS) is 15.2. The van der Waals surface area contributed by atoms with Crippen LogP contribution in [0.3, 0.4) is 0 Å². The quantitative estimate of drug-likeness (QED) is 0.815. The fourth-order valence-corrected chi connectivity index (χ4v) is 2.62. The van der Waals surface area contributed by atoms with Gasteiger partial charge in [-0.3, -0.25) is 4.79 Å². The van der Waals surface area contributed by atoms with Crippen molar-refractivity contribution in [2.75, 3.05) is 0 Å². The molecule has 0 atom stereocenters. The molecule has 21 heavy (non-hydrogen) atoms. The summed E-state index contributed by atoms with van der Waals surface area (Å²) in [7, 11) is 0. The highest BCUT2D eigenvalue weighted by molar-refractivity contribution is 6.35. The number of H-pyrrole nitrogens is 1. The topological polar surface area (TPSA) is 59.2 Å². The van der Waals surface area contributed by atoms with Crippen LogP contribution in [-0.2, 0) is 4.74 Å². The minimum absolute atomic E-state index is 0.0111. The number of cyclic esters (lactones) is 1. The number of aromatic nitrogens is 1. The Hall–Kier alpha value is -2.04. The Bertz CT molecular complexity index is 852. The van der Waals surface area contributed by atoms with Gasteiger partial charge >= 0.3 is 5.97 Å². The van der Waals surface area contributed by atoms with Crippen molar-refractivity contribution in [3.63, 3.8) is 0 Å². The first-order valence-electron chi connectivity index (χ1n) is 6.09. The Morgan fingerprint density at radius 2 is 1.95 bits per heavy atom. The molecular formula is C15H9Cl2NO3. The second kappa shape index (κ2) is 5.06. The number of carbonyl (C=O) groups is 1. The van der Waals surface area contributed by atoms with E-state index < -0.39 is 11.5 Å². The largest absolute Gasteiger partial charge is 0.422 e. The molecule has 0 aliphatic carbocycles. The molecule has 0 spiro atoms. The number of benzene rings is 1. The number of esters is 1. The maximum absolute atomic E-state index is 11.8. The van der Waals surface area contributed by atoms with E-state index in [2.05, 4.69) is 4.98 Å². The van der Waals surface area contributed by atoms with Crippen LogP contribution in [0.4, 0.5) is 0 Å². The number of ether oxygens (including phenoxy) is 1. The lowest BCUT2D eigenvalue weighted by atomic mass is 10.1. The molecule has 1 aromatic heterocycles. The second-order valence-corrected chi connectivity index (χ2v) is 5.48. The van der Waals surface area contributed by atoms with Crippen LogP contribution in [0.15, 0.2) is 29.1 Å². The summed E-state index contributed by atoms with van der Waals surface area (Å²) in [5, 5.41) is 0.944. The minimum atomic E-state index is -0.664. The van der Waals surface area contributed by atoms with Gasteiger partial charge in [0.1, 0.15) is 11.3 Å². The van der Waals surface area contributed by atoms with Crippen LogP contribution < -0.4 is 5.56 Å². The Morgan fingerprint density at radius 1 is 1.19 bits per heavy atom. The van der Waals surface area contributed by atoms with E-state index in [1.165, 1.54) is 0 Å². The molecule has 0 unspecified atom stereocenters. The number of carbonyl (C=O) groups excluding carboxylic acids is 1. The van der Waals surface area contributed by atoms with Gasteiger partial charge in [-0.05, 0) is 36.8 Å². The summed E-state index contributed by atoms with van der Waals surface area (Å²) in [5.41, 5.74) is 1.31. The molecule has 0 saturated heterocycles. The summed E-state index contributed by atoms with van der Waals surface area (Å²) in [6.45, 7) is 1.73. The van der Waals surface area contributed by atoms with Crippen molar-refractivity contribution in [3.8, 4) is 0 Å². The predicted octanol–water partition coefficient (Wildman–Crippen LogP) is 3.66. The van der Waals surface area contributed by atoms with E-state index in [1.807, 2.05) is 0 Å². The van der Waals surface area contributed by atoms with Crippen LogP contribution in [0.5, 0.6) is 0 Å². The fourth-order valence-electron chi connectivity index (χ4n) is 2.16. The number of hydrogen-bond acceptors (Lipinski definition) is 3. The van der Waals surface area contributed by atoms with Gasteiger partial charge < -0.3 is 9.72 Å². The molecule has 106 valence electrons. The molecule has 6 heteroatoms. The Morgan fingerprint density at radius 3 is 2.67 bits per heavy atom. The molecular weight excluding hydrogens is 313 g/mol. The number of hydrogen-bond donors (Lipinski definition) is 1. The summed E-state index contributed by atoms with van der Waals surface area (Å²) >= 11 is 11.9. The van der Waals surface area contributed by atoms with Crippen LogP contribution in [0.1, 0.15) is 27.2 Å². The zero-order valence-corrected chi connectivity index (χ0v) is 12.4. The highest BCUT2D eigenvalue weighted by Crippen LogP contribution is 2.31. The maximum Gasteiger partial charge on any atom is 0.349 e. The molecule has 0 radical (unpaired) electrons. The summed E-state index contributed by atoms with van der Waals surface area (Å²) in [6.07, 6.45) is 1.61. The van der Waals surface area contributed by atoms with Crippen molar-refractivity contribution >= 4 is 41.0 Å². The van der Waals surface area contributed by atoms with E-state index in [9.17, 15) is 9.59 Å². The van der Waals surface area contributed by atoms with E-state index in [4.69, 9.17) is 27.9 Å². The number of pyridine rings is 1. The molecule has 1 aliphatic heterocycles. The summed E-state index contributed by atoms with van der Waals surface area (Å²) in [4.78, 5) is 26.2. The Labute approximate surface area is 130 Å². The van der Waals surface area contributed by atoms with Gasteiger partial charge in [-0.15, -0.1) is 0 Å². The fraction of sp³-hybridized carbons (Fsp3) is 0.0667. The third-order valence-corrected chi connectivity index (χ3v) is 3.65. The third-order valence-electron chi connectivity index (χ3n) is 3.09. The molecule has 0 fully saturated rings. The molecule has 1 N–H and O–H groups in total. The molecule has 3 rings (SSSR count). The first-order chi connectivity index (χ1) is 9.95. The Balaban J connectivity index is 2.17. The van der Waals surface area contributed by atoms with Gasteiger partial charge in [0.05, 0.1) is 0 Å². The molecule has 0 saturated carbocycles. The number of nitrogens with one attached hydrogen (secondary N) is 1. The van der Waals surface area contributed by atoms with Crippen molar-refractivity contribution in [1.29, 1.82) is 0 Å². The molecule has 4 nitrogen and oxygen atoms in total. The lowest BCUT2D eigenvalue weighted by Crippen LogP contribution is -2.16. The third kappa shape index (κ3) is 2.48. The lowest BCUT2D eigenvalue weighted by molar-refractivity contribution is 0.0715. The summed E-state index contributed by atoms with van der Waals surface area (Å²) in [5.74, 6) is -0.365. The zero-order chi connectivity index (χ0) is 15.1. The van der Waals surface area contributed by atoms with Crippen LogP contribution in [0.25, 0.3) is 11.8 Å². The van der Waals surface area contributed by atoms with Gasteiger partial charge in [0.15, 0.2) is 0 Å². The average molecular weight is 322 g/mol. The van der Waals surface area contributed by atoms with E-state index >= 15 is 0 Å². The van der Waals surface area contributed by atoms with Gasteiger partial charge in [0.25, 0.3) is 5.56 Å². The smallest absolute Gasteiger partial charge is 0.349 e. The molecule has 2 aromatic rings. The molecule has 2 heterocycles. The van der Waals surface area contributed by atoms with Crippen molar-refractivity contribution in [2.24, 2.45) is 0 Å².